The maximum Gasteiger partial charge on any atom is 0.243 e. The number of hydrogen-bond acceptors (Lipinski definition) is 3. The Morgan fingerprint density at radius 2 is 2.05 bits per heavy atom. The van der Waals surface area contributed by atoms with E-state index in [0.717, 1.165) is 25.9 Å². The third kappa shape index (κ3) is 1.95. The Balaban J connectivity index is 1.74. The summed E-state index contributed by atoms with van der Waals surface area (Å²) >= 11 is 0. The first-order valence-corrected chi connectivity index (χ1v) is 7.52. The van der Waals surface area contributed by atoms with Crippen LogP contribution < -0.4 is 0 Å². The molecule has 1 amide bonds. The van der Waals surface area contributed by atoms with Gasteiger partial charge in [0.25, 0.3) is 0 Å². The fourth-order valence-electron chi connectivity index (χ4n) is 4.19. The molecule has 0 bridgehead atoms. The van der Waals surface area contributed by atoms with Crippen LogP contribution in [0, 0.1) is 22.7 Å². The van der Waals surface area contributed by atoms with E-state index in [-0.39, 0.29) is 11.9 Å². The summed E-state index contributed by atoms with van der Waals surface area (Å²) < 4.78 is 0. The third-order valence-electron chi connectivity index (χ3n) is 5.22. The zero-order valence-corrected chi connectivity index (χ0v) is 11.9. The second-order valence-electron chi connectivity index (χ2n) is 6.80. The van der Waals surface area contributed by atoms with Crippen molar-refractivity contribution in [2.75, 3.05) is 19.6 Å². The van der Waals surface area contributed by atoms with Gasteiger partial charge in [-0.1, -0.05) is 6.92 Å². The van der Waals surface area contributed by atoms with Gasteiger partial charge in [-0.15, -0.1) is 0 Å². The Hall–Kier alpha value is -1.08. The van der Waals surface area contributed by atoms with Crippen molar-refractivity contribution in [3.05, 3.63) is 0 Å². The molecule has 3 aliphatic rings. The van der Waals surface area contributed by atoms with E-state index < -0.39 is 5.41 Å². The van der Waals surface area contributed by atoms with Gasteiger partial charge in [0, 0.05) is 25.2 Å². The van der Waals surface area contributed by atoms with Crippen LogP contribution in [0.15, 0.2) is 0 Å². The molecule has 0 N–H and O–H groups in total. The first-order chi connectivity index (χ1) is 9.05. The summed E-state index contributed by atoms with van der Waals surface area (Å²) in [6, 6.07) is 3.11. The maximum atomic E-state index is 12.8. The molecule has 2 heterocycles. The highest BCUT2D eigenvalue weighted by atomic mass is 16.2. The number of amides is 1. The first kappa shape index (κ1) is 12.9. The van der Waals surface area contributed by atoms with Gasteiger partial charge in [0.2, 0.25) is 5.91 Å². The summed E-state index contributed by atoms with van der Waals surface area (Å²) in [5, 5.41) is 9.42. The second-order valence-corrected chi connectivity index (χ2v) is 6.80. The zero-order chi connectivity index (χ0) is 13.6. The van der Waals surface area contributed by atoms with Crippen molar-refractivity contribution in [2.24, 2.45) is 11.3 Å². The molecule has 0 aromatic heterocycles. The van der Waals surface area contributed by atoms with Crippen LogP contribution in [0.25, 0.3) is 0 Å². The number of carbonyl (C=O) groups excluding carboxylic acids is 1. The van der Waals surface area contributed by atoms with Crippen LogP contribution in [-0.4, -0.2) is 47.4 Å². The minimum atomic E-state index is -0.700. The van der Waals surface area contributed by atoms with Crippen LogP contribution in [0.5, 0.6) is 0 Å². The zero-order valence-electron chi connectivity index (χ0n) is 11.9. The normalized spacial score (nSPS) is 42.4. The fourth-order valence-corrected chi connectivity index (χ4v) is 4.19. The predicted molar refractivity (Wildman–Crippen MR) is 72.2 cm³/mol. The van der Waals surface area contributed by atoms with E-state index in [1.165, 1.54) is 19.4 Å². The van der Waals surface area contributed by atoms with Crippen molar-refractivity contribution in [1.82, 2.24) is 9.80 Å². The summed E-state index contributed by atoms with van der Waals surface area (Å²) in [6.45, 7) is 7.24. The van der Waals surface area contributed by atoms with Gasteiger partial charge in [0.1, 0.15) is 5.41 Å². The lowest BCUT2D eigenvalue weighted by molar-refractivity contribution is -0.151. The number of rotatable bonds is 1. The molecule has 2 atom stereocenters. The summed E-state index contributed by atoms with van der Waals surface area (Å²) in [4.78, 5) is 17.3. The molecule has 4 nitrogen and oxygen atoms in total. The lowest BCUT2D eigenvalue weighted by atomic mass is 9.62. The lowest BCUT2D eigenvalue weighted by Gasteiger charge is -2.48. The quantitative estimate of drug-likeness (QED) is 0.720. The molecule has 3 fully saturated rings. The molecular weight excluding hydrogens is 238 g/mol. The molecule has 0 spiro atoms. The van der Waals surface area contributed by atoms with E-state index in [1.807, 2.05) is 4.90 Å². The second kappa shape index (κ2) is 4.49. The summed E-state index contributed by atoms with van der Waals surface area (Å²) in [5.74, 6) is 0.624. The van der Waals surface area contributed by atoms with E-state index in [9.17, 15) is 10.1 Å². The number of nitriles is 1. The Kier molecular flexibility index (Phi) is 3.05. The van der Waals surface area contributed by atoms with Gasteiger partial charge in [0.05, 0.1) is 6.07 Å². The summed E-state index contributed by atoms with van der Waals surface area (Å²) in [5.41, 5.74) is -0.700. The highest BCUT2D eigenvalue weighted by molar-refractivity contribution is 5.87. The van der Waals surface area contributed by atoms with Crippen molar-refractivity contribution in [3.63, 3.8) is 0 Å². The van der Waals surface area contributed by atoms with Gasteiger partial charge in [0.15, 0.2) is 0 Å². The van der Waals surface area contributed by atoms with Gasteiger partial charge < -0.3 is 4.90 Å². The number of fused-ring (bicyclic) bond motifs is 1. The molecule has 3 rings (SSSR count). The van der Waals surface area contributed by atoms with Crippen molar-refractivity contribution in [3.8, 4) is 6.07 Å². The average Bonchev–Trinajstić information content (AvgIpc) is 2.79. The number of hydrogen-bond donors (Lipinski definition) is 0. The van der Waals surface area contributed by atoms with E-state index in [4.69, 9.17) is 0 Å². The van der Waals surface area contributed by atoms with E-state index >= 15 is 0 Å². The Morgan fingerprint density at radius 3 is 2.68 bits per heavy atom. The van der Waals surface area contributed by atoms with Gasteiger partial charge in [-0.25, -0.2) is 0 Å². The molecule has 0 aromatic rings. The standard InChI is InChI=1S/C15H23N3O/c1-11-6-15(7-11,10-16)14(19)18-9-13-4-3-5-17(13)8-12(18)2/h11-13H,3-9H2,1-2H3. The number of piperazine rings is 1. The highest BCUT2D eigenvalue weighted by Gasteiger charge is 2.52. The topological polar surface area (TPSA) is 47.3 Å². The van der Waals surface area contributed by atoms with Crippen LogP contribution in [0.1, 0.15) is 39.5 Å². The number of carbonyl (C=O) groups is 1. The lowest BCUT2D eigenvalue weighted by Crippen LogP contribution is -2.61. The van der Waals surface area contributed by atoms with Gasteiger partial charge in [-0.2, -0.15) is 5.26 Å². The Labute approximate surface area is 115 Å². The van der Waals surface area contributed by atoms with Gasteiger partial charge >= 0.3 is 0 Å². The van der Waals surface area contributed by atoms with E-state index in [0.29, 0.717) is 12.0 Å². The van der Waals surface area contributed by atoms with Crippen molar-refractivity contribution < 1.29 is 4.79 Å². The fraction of sp³-hybridized carbons (Fsp3) is 0.867. The Morgan fingerprint density at radius 1 is 1.32 bits per heavy atom. The van der Waals surface area contributed by atoms with Crippen LogP contribution in [0.4, 0.5) is 0 Å². The van der Waals surface area contributed by atoms with Crippen molar-refractivity contribution >= 4 is 5.91 Å². The van der Waals surface area contributed by atoms with Crippen LogP contribution in [0.3, 0.4) is 0 Å². The molecule has 2 saturated heterocycles. The van der Waals surface area contributed by atoms with E-state index in [1.54, 1.807) is 0 Å². The largest absolute Gasteiger partial charge is 0.336 e. The monoisotopic (exact) mass is 261 g/mol. The smallest absolute Gasteiger partial charge is 0.243 e. The SMILES string of the molecule is CC1CC(C#N)(C(=O)N2CC3CCCN3CC2C)C1. The highest BCUT2D eigenvalue weighted by Crippen LogP contribution is 2.47. The summed E-state index contributed by atoms with van der Waals surface area (Å²) in [7, 11) is 0. The maximum absolute atomic E-state index is 12.8. The van der Waals surface area contributed by atoms with Crippen LogP contribution >= 0.6 is 0 Å². The minimum absolute atomic E-state index is 0.104. The number of nitrogens with zero attached hydrogens (tertiary/aromatic N) is 3. The van der Waals surface area contributed by atoms with Crippen LogP contribution in [-0.2, 0) is 4.79 Å². The molecular formula is C15H23N3O. The Bertz CT molecular complexity index is 422. The molecule has 2 aliphatic heterocycles. The van der Waals surface area contributed by atoms with Crippen molar-refractivity contribution in [2.45, 2.75) is 51.6 Å². The van der Waals surface area contributed by atoms with Gasteiger partial charge in [-0.3, -0.25) is 9.69 Å². The molecule has 1 aliphatic carbocycles. The predicted octanol–water partition coefficient (Wildman–Crippen LogP) is 1.62. The van der Waals surface area contributed by atoms with Crippen molar-refractivity contribution in [1.29, 1.82) is 5.26 Å². The molecule has 19 heavy (non-hydrogen) atoms. The molecule has 0 aromatic carbocycles. The minimum Gasteiger partial charge on any atom is -0.336 e. The van der Waals surface area contributed by atoms with E-state index in [2.05, 4.69) is 24.8 Å². The van der Waals surface area contributed by atoms with Crippen LogP contribution in [0.2, 0.25) is 0 Å². The molecule has 104 valence electrons. The first-order valence-electron chi connectivity index (χ1n) is 7.52. The summed E-state index contributed by atoms with van der Waals surface area (Å²) in [6.07, 6.45) is 3.95. The molecule has 0 radical (unpaired) electrons. The molecule has 4 heteroatoms. The molecule has 1 saturated carbocycles. The molecule has 2 unspecified atom stereocenters. The average molecular weight is 261 g/mol. The third-order valence-corrected chi connectivity index (χ3v) is 5.22. The van der Waals surface area contributed by atoms with Gasteiger partial charge in [-0.05, 0) is 45.1 Å².